The van der Waals surface area contributed by atoms with Crippen molar-refractivity contribution in [1.29, 1.82) is 0 Å². The maximum Gasteiger partial charge on any atom is 0.270 e. The Labute approximate surface area is 237 Å². The average molecular weight is 569 g/mol. The maximum absolute atomic E-state index is 13.2. The van der Waals surface area contributed by atoms with Gasteiger partial charge in [0.2, 0.25) is 17.7 Å². The highest BCUT2D eigenvalue weighted by atomic mass is 16.5. The molecule has 3 aliphatic rings. The molecular formula is C28H36N6O7. The third-order valence-electron chi connectivity index (χ3n) is 7.02. The standard InChI is InChI=1S/C28H36N6O7/c1-18-27(38)34-14-4-7-21(34)26(37)31-11-5-13-33(28(39)20-6-3-10-29-20)17-24(35)30-12-15-41-22-9-8-19(25(36)32-18)16-23(22)40-2/h3,6,8-10,16,18,21,29H,4-5,7,11-15,17H2,1-2H3,(H,30,35)(H,31,37)(H,32,36)/t18-,21+/m0/s1. The van der Waals surface area contributed by atoms with Crippen LogP contribution in [0, 0.1) is 0 Å². The number of amides is 5. The number of nitrogens with zero attached hydrogens (tertiary/aromatic N) is 2. The summed E-state index contributed by atoms with van der Waals surface area (Å²) in [5.74, 6) is -1.13. The van der Waals surface area contributed by atoms with E-state index in [1.54, 1.807) is 37.4 Å². The van der Waals surface area contributed by atoms with Gasteiger partial charge in [0.05, 0.1) is 20.2 Å². The maximum atomic E-state index is 13.2. The monoisotopic (exact) mass is 568 g/mol. The molecule has 0 spiro atoms. The van der Waals surface area contributed by atoms with E-state index in [9.17, 15) is 24.0 Å². The van der Waals surface area contributed by atoms with Crippen LogP contribution in [0.4, 0.5) is 0 Å². The van der Waals surface area contributed by atoms with Gasteiger partial charge < -0.3 is 40.2 Å². The number of hydrogen-bond donors (Lipinski definition) is 4. The molecule has 2 bridgehead atoms. The van der Waals surface area contributed by atoms with Gasteiger partial charge in [0.15, 0.2) is 11.5 Å². The number of carbonyl (C=O) groups excluding carboxylic acids is 5. The lowest BCUT2D eigenvalue weighted by molar-refractivity contribution is -0.139. The molecule has 1 saturated heterocycles. The lowest BCUT2D eigenvalue weighted by atomic mass is 10.1. The lowest BCUT2D eigenvalue weighted by Crippen LogP contribution is -2.52. The molecule has 41 heavy (non-hydrogen) atoms. The van der Waals surface area contributed by atoms with Gasteiger partial charge in [-0.25, -0.2) is 0 Å². The second-order valence-electron chi connectivity index (χ2n) is 9.90. The minimum absolute atomic E-state index is 0.118. The first kappa shape index (κ1) is 29.4. The fourth-order valence-corrected chi connectivity index (χ4v) is 4.89. The molecule has 0 aliphatic carbocycles. The highest BCUT2D eigenvalue weighted by Gasteiger charge is 2.36. The third-order valence-corrected chi connectivity index (χ3v) is 7.02. The van der Waals surface area contributed by atoms with Crippen molar-refractivity contribution in [1.82, 2.24) is 30.7 Å². The van der Waals surface area contributed by atoms with Crippen molar-refractivity contribution < 1.29 is 33.4 Å². The van der Waals surface area contributed by atoms with Gasteiger partial charge in [-0.15, -0.1) is 0 Å². The molecule has 2 atom stereocenters. The zero-order chi connectivity index (χ0) is 29.4. The molecule has 4 N–H and O–H groups in total. The van der Waals surface area contributed by atoms with Crippen LogP contribution < -0.4 is 25.4 Å². The second kappa shape index (κ2) is 13.7. The number of hydrogen-bond acceptors (Lipinski definition) is 7. The predicted octanol–water partition coefficient (Wildman–Crippen LogP) is 0.290. The number of carbonyl (C=O) groups is 5. The Morgan fingerprint density at radius 2 is 1.88 bits per heavy atom. The molecule has 13 heteroatoms. The van der Waals surface area contributed by atoms with Gasteiger partial charge >= 0.3 is 0 Å². The van der Waals surface area contributed by atoms with Crippen LogP contribution in [0.5, 0.6) is 11.5 Å². The summed E-state index contributed by atoms with van der Waals surface area (Å²) in [5, 5.41) is 8.31. The first-order valence-corrected chi connectivity index (χ1v) is 13.7. The van der Waals surface area contributed by atoms with E-state index < -0.39 is 18.0 Å². The molecule has 5 rings (SSSR count). The number of nitrogens with one attached hydrogen (secondary N) is 4. The van der Waals surface area contributed by atoms with E-state index in [-0.39, 0.29) is 62.0 Å². The van der Waals surface area contributed by atoms with Crippen molar-refractivity contribution >= 4 is 29.5 Å². The summed E-state index contributed by atoms with van der Waals surface area (Å²) in [7, 11) is 1.44. The number of rotatable bonds is 2. The van der Waals surface area contributed by atoms with Gasteiger partial charge in [0.25, 0.3) is 11.8 Å². The average Bonchev–Trinajstić information content (AvgIpc) is 3.68. The van der Waals surface area contributed by atoms with E-state index in [4.69, 9.17) is 9.47 Å². The van der Waals surface area contributed by atoms with Crippen LogP contribution in [0.25, 0.3) is 0 Å². The summed E-state index contributed by atoms with van der Waals surface area (Å²) in [5.41, 5.74) is 0.621. The number of ether oxygens (including phenoxy) is 2. The minimum atomic E-state index is -0.855. The number of fused-ring (bicyclic) bond motifs is 16. The second-order valence-corrected chi connectivity index (χ2v) is 9.90. The van der Waals surface area contributed by atoms with E-state index in [0.29, 0.717) is 43.0 Å². The quantitative estimate of drug-likeness (QED) is 0.379. The van der Waals surface area contributed by atoms with Gasteiger partial charge in [-0.05, 0) is 56.5 Å². The van der Waals surface area contributed by atoms with E-state index >= 15 is 0 Å². The van der Waals surface area contributed by atoms with Crippen molar-refractivity contribution in [2.45, 2.75) is 38.3 Å². The molecule has 0 radical (unpaired) electrons. The Kier molecular flexibility index (Phi) is 9.82. The van der Waals surface area contributed by atoms with Crippen LogP contribution >= 0.6 is 0 Å². The molecule has 220 valence electrons. The summed E-state index contributed by atoms with van der Waals surface area (Å²) in [6.45, 7) is 2.58. The van der Waals surface area contributed by atoms with Crippen LogP contribution in [0.1, 0.15) is 47.0 Å². The van der Waals surface area contributed by atoms with Crippen LogP contribution in [0.2, 0.25) is 0 Å². The zero-order valence-corrected chi connectivity index (χ0v) is 23.2. The summed E-state index contributed by atoms with van der Waals surface area (Å²) >= 11 is 0. The van der Waals surface area contributed by atoms with E-state index in [2.05, 4.69) is 20.9 Å². The van der Waals surface area contributed by atoms with Gasteiger partial charge in [-0.1, -0.05) is 0 Å². The Hall–Kier alpha value is -4.55. The lowest BCUT2D eigenvalue weighted by Gasteiger charge is -2.27. The van der Waals surface area contributed by atoms with Gasteiger partial charge in [0, 0.05) is 31.4 Å². The Bertz CT molecular complexity index is 1260. The summed E-state index contributed by atoms with van der Waals surface area (Å²) in [6, 6.07) is 6.44. The first-order chi connectivity index (χ1) is 19.8. The van der Waals surface area contributed by atoms with Crippen molar-refractivity contribution in [2.24, 2.45) is 0 Å². The molecule has 1 aromatic carbocycles. The fourth-order valence-electron chi connectivity index (χ4n) is 4.89. The van der Waals surface area contributed by atoms with E-state index in [1.165, 1.54) is 23.0 Å². The number of benzene rings is 1. The first-order valence-electron chi connectivity index (χ1n) is 13.7. The largest absolute Gasteiger partial charge is 0.493 e. The third kappa shape index (κ3) is 7.35. The smallest absolute Gasteiger partial charge is 0.270 e. The Morgan fingerprint density at radius 3 is 2.63 bits per heavy atom. The molecule has 5 amide bonds. The van der Waals surface area contributed by atoms with Gasteiger partial charge in [-0.3, -0.25) is 24.0 Å². The topological polar surface area (TPSA) is 162 Å². The highest BCUT2D eigenvalue weighted by Crippen LogP contribution is 2.28. The molecule has 13 nitrogen and oxygen atoms in total. The van der Waals surface area contributed by atoms with Gasteiger partial charge in [0.1, 0.15) is 24.4 Å². The van der Waals surface area contributed by atoms with Crippen molar-refractivity contribution in [3.63, 3.8) is 0 Å². The molecule has 3 aliphatic heterocycles. The molecule has 0 unspecified atom stereocenters. The van der Waals surface area contributed by atoms with Crippen LogP contribution in [-0.2, 0) is 14.4 Å². The molecule has 2 aromatic rings. The molecule has 0 saturated carbocycles. The zero-order valence-electron chi connectivity index (χ0n) is 23.2. The SMILES string of the molecule is COc1cc2ccc1OCCNC(=O)CN(C(=O)c1ccc[nH]1)CCCNC(=O)[C@H]1CCCN1C(=O)[C@H](C)NC2=O. The van der Waals surface area contributed by atoms with Crippen molar-refractivity contribution in [3.05, 3.63) is 47.8 Å². The number of H-pyrrole nitrogens is 1. The summed E-state index contributed by atoms with van der Waals surface area (Å²) < 4.78 is 11.1. The van der Waals surface area contributed by atoms with E-state index in [0.717, 1.165) is 0 Å². The van der Waals surface area contributed by atoms with Crippen LogP contribution in [-0.4, -0.2) is 103 Å². The van der Waals surface area contributed by atoms with Crippen LogP contribution in [0.15, 0.2) is 36.5 Å². The Balaban J connectivity index is 1.52. The highest BCUT2D eigenvalue weighted by molar-refractivity contribution is 5.99. The number of aromatic nitrogens is 1. The van der Waals surface area contributed by atoms with E-state index in [1.807, 2.05) is 0 Å². The molecular weight excluding hydrogens is 532 g/mol. The fraction of sp³-hybridized carbons (Fsp3) is 0.464. The van der Waals surface area contributed by atoms with Gasteiger partial charge in [-0.2, -0.15) is 0 Å². The van der Waals surface area contributed by atoms with Crippen LogP contribution in [0.3, 0.4) is 0 Å². The molecule has 4 heterocycles. The number of methoxy groups -OCH3 is 1. The Morgan fingerprint density at radius 1 is 1.05 bits per heavy atom. The van der Waals surface area contributed by atoms with Crippen molar-refractivity contribution in [2.75, 3.05) is 46.4 Å². The molecule has 1 aromatic heterocycles. The summed E-state index contributed by atoms with van der Waals surface area (Å²) in [6.07, 6.45) is 3.20. The van der Waals surface area contributed by atoms with Crippen molar-refractivity contribution in [3.8, 4) is 11.5 Å². The normalized spacial score (nSPS) is 21.5. The molecule has 1 fully saturated rings. The number of aromatic amines is 1. The minimum Gasteiger partial charge on any atom is -0.493 e. The summed E-state index contributed by atoms with van der Waals surface area (Å²) in [4.78, 5) is 70.6. The predicted molar refractivity (Wildman–Crippen MR) is 147 cm³/mol.